The molecule has 1 fully saturated rings. The van der Waals surface area contributed by atoms with Crippen molar-refractivity contribution in [2.24, 2.45) is 5.41 Å². The van der Waals surface area contributed by atoms with Gasteiger partial charge in [-0.25, -0.2) is 0 Å². The van der Waals surface area contributed by atoms with E-state index in [1.54, 1.807) is 7.11 Å². The first kappa shape index (κ1) is 13.9. The zero-order chi connectivity index (χ0) is 11.9. The molecule has 0 radical (unpaired) electrons. The molecule has 0 aromatic rings. The summed E-state index contributed by atoms with van der Waals surface area (Å²) in [6.45, 7) is 9.04. The Morgan fingerprint density at radius 3 is 2.81 bits per heavy atom. The molecule has 96 valence electrons. The van der Waals surface area contributed by atoms with E-state index in [2.05, 4.69) is 17.1 Å². The number of likely N-dealkylation sites (N-methyl/N-ethyl adjacent to an activating group) is 1. The van der Waals surface area contributed by atoms with Crippen molar-refractivity contribution >= 4 is 0 Å². The predicted octanol–water partition coefficient (Wildman–Crippen LogP) is 0.581. The van der Waals surface area contributed by atoms with Gasteiger partial charge in [-0.05, 0) is 20.0 Å². The third-order valence-electron chi connectivity index (χ3n) is 3.35. The molecule has 1 aliphatic heterocycles. The minimum absolute atomic E-state index is 0.304. The maximum absolute atomic E-state index is 5.56. The van der Waals surface area contributed by atoms with Gasteiger partial charge < -0.3 is 19.7 Å². The SMILES string of the molecule is CCN(CCOC)CC1(CNC)CCOC1. The first-order valence-electron chi connectivity index (χ1n) is 6.20. The predicted molar refractivity (Wildman–Crippen MR) is 65.8 cm³/mol. The second-order valence-electron chi connectivity index (χ2n) is 4.69. The summed E-state index contributed by atoms with van der Waals surface area (Å²) >= 11 is 0. The van der Waals surface area contributed by atoms with Crippen molar-refractivity contribution < 1.29 is 9.47 Å². The van der Waals surface area contributed by atoms with Gasteiger partial charge >= 0.3 is 0 Å². The molecule has 4 heteroatoms. The fourth-order valence-electron chi connectivity index (χ4n) is 2.39. The van der Waals surface area contributed by atoms with E-state index < -0.39 is 0 Å². The topological polar surface area (TPSA) is 33.7 Å². The van der Waals surface area contributed by atoms with Crippen LogP contribution in [0.1, 0.15) is 13.3 Å². The molecule has 0 spiro atoms. The first-order valence-corrected chi connectivity index (χ1v) is 6.20. The molecule has 0 bridgehead atoms. The Morgan fingerprint density at radius 2 is 2.31 bits per heavy atom. The van der Waals surface area contributed by atoms with Gasteiger partial charge in [0.15, 0.2) is 0 Å². The maximum atomic E-state index is 5.56. The molecule has 0 aliphatic carbocycles. The summed E-state index contributed by atoms with van der Waals surface area (Å²) in [5, 5.41) is 3.30. The Bertz CT molecular complexity index is 182. The average molecular weight is 230 g/mol. The Balaban J connectivity index is 2.45. The van der Waals surface area contributed by atoms with Crippen LogP contribution in [0.25, 0.3) is 0 Å². The molecule has 1 atom stereocenters. The van der Waals surface area contributed by atoms with Gasteiger partial charge in [-0.15, -0.1) is 0 Å². The van der Waals surface area contributed by atoms with E-state index in [-0.39, 0.29) is 0 Å². The van der Waals surface area contributed by atoms with E-state index in [4.69, 9.17) is 9.47 Å². The van der Waals surface area contributed by atoms with Crippen LogP contribution in [0.2, 0.25) is 0 Å². The Kier molecular flexibility index (Phi) is 6.28. The van der Waals surface area contributed by atoms with Crippen LogP contribution in [0.3, 0.4) is 0 Å². The van der Waals surface area contributed by atoms with Crippen molar-refractivity contribution in [1.29, 1.82) is 0 Å². The van der Waals surface area contributed by atoms with Crippen LogP contribution < -0.4 is 5.32 Å². The molecule has 1 unspecified atom stereocenters. The number of ether oxygens (including phenoxy) is 2. The molecule has 1 heterocycles. The summed E-state index contributed by atoms with van der Waals surface area (Å²) < 4.78 is 10.7. The van der Waals surface area contributed by atoms with Gasteiger partial charge in [0, 0.05) is 38.8 Å². The number of nitrogens with zero attached hydrogens (tertiary/aromatic N) is 1. The highest BCUT2D eigenvalue weighted by atomic mass is 16.5. The van der Waals surface area contributed by atoms with Crippen molar-refractivity contribution in [2.45, 2.75) is 13.3 Å². The molecule has 4 nitrogen and oxygen atoms in total. The van der Waals surface area contributed by atoms with Crippen LogP contribution in [-0.4, -0.2) is 65.1 Å². The quantitative estimate of drug-likeness (QED) is 0.661. The maximum Gasteiger partial charge on any atom is 0.0589 e. The standard InChI is InChI=1S/C12H26N2O2/c1-4-14(6-8-15-3)10-12(9-13-2)5-7-16-11-12/h13H,4-11H2,1-3H3. The molecule has 1 aliphatic rings. The Hall–Kier alpha value is -0.160. The fourth-order valence-corrected chi connectivity index (χ4v) is 2.39. The monoisotopic (exact) mass is 230 g/mol. The normalized spacial score (nSPS) is 25.5. The van der Waals surface area contributed by atoms with Crippen LogP contribution in [0.4, 0.5) is 0 Å². The van der Waals surface area contributed by atoms with E-state index in [1.807, 2.05) is 7.05 Å². The van der Waals surface area contributed by atoms with Gasteiger partial charge in [0.05, 0.1) is 13.2 Å². The highest BCUT2D eigenvalue weighted by molar-refractivity contribution is 4.88. The lowest BCUT2D eigenvalue weighted by atomic mass is 9.86. The lowest BCUT2D eigenvalue weighted by molar-refractivity contribution is 0.0910. The highest BCUT2D eigenvalue weighted by Crippen LogP contribution is 2.28. The van der Waals surface area contributed by atoms with Crippen molar-refractivity contribution in [2.75, 3.05) is 60.2 Å². The number of nitrogens with one attached hydrogen (secondary N) is 1. The largest absolute Gasteiger partial charge is 0.383 e. The summed E-state index contributed by atoms with van der Waals surface area (Å²) in [5.41, 5.74) is 0.304. The minimum atomic E-state index is 0.304. The van der Waals surface area contributed by atoms with Crippen LogP contribution in [0, 0.1) is 5.41 Å². The first-order chi connectivity index (χ1) is 7.76. The van der Waals surface area contributed by atoms with Gasteiger partial charge in [-0.3, -0.25) is 0 Å². The van der Waals surface area contributed by atoms with Crippen molar-refractivity contribution in [1.82, 2.24) is 10.2 Å². The molecule has 0 aromatic heterocycles. The zero-order valence-electron chi connectivity index (χ0n) is 10.9. The van der Waals surface area contributed by atoms with Gasteiger partial charge in [0.1, 0.15) is 0 Å². The molecule has 0 saturated carbocycles. The molecule has 0 amide bonds. The summed E-state index contributed by atoms with van der Waals surface area (Å²) in [5.74, 6) is 0. The number of hydrogen-bond acceptors (Lipinski definition) is 4. The highest BCUT2D eigenvalue weighted by Gasteiger charge is 2.35. The number of methoxy groups -OCH3 is 1. The molecule has 1 N–H and O–H groups in total. The van der Waals surface area contributed by atoms with E-state index >= 15 is 0 Å². The van der Waals surface area contributed by atoms with Crippen molar-refractivity contribution in [3.63, 3.8) is 0 Å². The minimum Gasteiger partial charge on any atom is -0.383 e. The van der Waals surface area contributed by atoms with Gasteiger partial charge in [-0.2, -0.15) is 0 Å². The molecular weight excluding hydrogens is 204 g/mol. The van der Waals surface area contributed by atoms with Gasteiger partial charge in [-0.1, -0.05) is 6.92 Å². The fraction of sp³-hybridized carbons (Fsp3) is 1.00. The smallest absolute Gasteiger partial charge is 0.0589 e. The van der Waals surface area contributed by atoms with Crippen LogP contribution in [0.15, 0.2) is 0 Å². The van der Waals surface area contributed by atoms with E-state index in [0.29, 0.717) is 5.41 Å². The van der Waals surface area contributed by atoms with Gasteiger partial charge in [0.2, 0.25) is 0 Å². The molecule has 0 aromatic carbocycles. The molecular formula is C12H26N2O2. The van der Waals surface area contributed by atoms with Crippen molar-refractivity contribution in [3.05, 3.63) is 0 Å². The number of hydrogen-bond donors (Lipinski definition) is 1. The zero-order valence-corrected chi connectivity index (χ0v) is 10.9. The molecule has 1 saturated heterocycles. The Morgan fingerprint density at radius 1 is 1.50 bits per heavy atom. The Labute approximate surface area is 99.3 Å². The van der Waals surface area contributed by atoms with Crippen LogP contribution in [0.5, 0.6) is 0 Å². The van der Waals surface area contributed by atoms with E-state index in [0.717, 1.165) is 52.4 Å². The summed E-state index contributed by atoms with van der Waals surface area (Å²) in [7, 11) is 3.78. The van der Waals surface area contributed by atoms with Crippen LogP contribution >= 0.6 is 0 Å². The molecule has 1 rings (SSSR count). The van der Waals surface area contributed by atoms with Crippen molar-refractivity contribution in [3.8, 4) is 0 Å². The van der Waals surface area contributed by atoms with E-state index in [9.17, 15) is 0 Å². The second kappa shape index (κ2) is 7.22. The van der Waals surface area contributed by atoms with Gasteiger partial charge in [0.25, 0.3) is 0 Å². The lowest BCUT2D eigenvalue weighted by Gasteiger charge is -2.33. The summed E-state index contributed by atoms with van der Waals surface area (Å²) in [4.78, 5) is 2.45. The third-order valence-corrected chi connectivity index (χ3v) is 3.35. The van der Waals surface area contributed by atoms with E-state index in [1.165, 1.54) is 0 Å². The molecule has 16 heavy (non-hydrogen) atoms. The lowest BCUT2D eigenvalue weighted by Crippen LogP contribution is -2.45. The second-order valence-corrected chi connectivity index (χ2v) is 4.69. The average Bonchev–Trinajstić information content (AvgIpc) is 2.73. The third kappa shape index (κ3) is 4.01. The summed E-state index contributed by atoms with van der Waals surface area (Å²) in [6.07, 6.45) is 1.16. The number of rotatable bonds is 8. The summed E-state index contributed by atoms with van der Waals surface area (Å²) in [6, 6.07) is 0. The van der Waals surface area contributed by atoms with Crippen LogP contribution in [-0.2, 0) is 9.47 Å².